The van der Waals surface area contributed by atoms with Crippen LogP contribution in [0.5, 0.6) is 5.75 Å². The number of piperazine rings is 1. The van der Waals surface area contributed by atoms with Crippen LogP contribution in [0.2, 0.25) is 0 Å². The molecule has 0 radical (unpaired) electrons. The minimum absolute atomic E-state index is 0.131. The number of halogens is 3. The van der Waals surface area contributed by atoms with Crippen LogP contribution in [-0.4, -0.2) is 53.1 Å². The highest BCUT2D eigenvalue weighted by atomic mass is 19.4. The molecule has 1 saturated heterocycles. The molecule has 0 amide bonds. The van der Waals surface area contributed by atoms with Crippen LogP contribution in [0.1, 0.15) is 17.0 Å². The molecule has 1 aromatic carbocycles. The molecule has 0 spiro atoms. The zero-order valence-corrected chi connectivity index (χ0v) is 16.4. The van der Waals surface area contributed by atoms with E-state index in [1.54, 1.807) is 14.0 Å². The van der Waals surface area contributed by atoms with Gasteiger partial charge in [-0.25, -0.2) is 0 Å². The summed E-state index contributed by atoms with van der Waals surface area (Å²) >= 11 is 0. The third-order valence-electron chi connectivity index (χ3n) is 5.33. The Morgan fingerprint density at radius 3 is 2.24 bits per heavy atom. The number of hydrogen-bond donors (Lipinski definition) is 0. The number of anilines is 2. The molecule has 0 saturated carbocycles. The monoisotopic (exact) mass is 406 g/mol. The van der Waals surface area contributed by atoms with Crippen molar-refractivity contribution in [2.75, 3.05) is 43.1 Å². The summed E-state index contributed by atoms with van der Waals surface area (Å²) in [6, 6.07) is 7.79. The number of methoxy groups -OCH3 is 1. The maximum atomic E-state index is 13.3. The maximum Gasteiger partial charge on any atom is 0.453 e. The van der Waals surface area contributed by atoms with Crippen molar-refractivity contribution in [2.45, 2.75) is 20.0 Å². The standard InChI is InChI=1S/C19H21F3N6O/c1-12-13(2)17(25-28-16(12)23-24-18(28)19(20,21)22)27-10-8-26(9-11-27)14-6-4-5-7-15(14)29-3/h4-7H,8-11H2,1-3H3. The molecule has 0 bridgehead atoms. The Labute approximate surface area is 165 Å². The predicted molar refractivity (Wildman–Crippen MR) is 103 cm³/mol. The maximum absolute atomic E-state index is 13.3. The Hall–Kier alpha value is -3.04. The van der Waals surface area contributed by atoms with Crippen LogP contribution in [0.25, 0.3) is 5.65 Å². The van der Waals surface area contributed by atoms with Crippen molar-refractivity contribution in [3.8, 4) is 5.75 Å². The predicted octanol–water partition coefficient (Wildman–Crippen LogP) is 3.10. The van der Waals surface area contributed by atoms with Crippen LogP contribution in [0.4, 0.5) is 24.7 Å². The zero-order chi connectivity index (χ0) is 20.8. The molecule has 0 N–H and O–H groups in total. The minimum Gasteiger partial charge on any atom is -0.495 e. The Bertz CT molecular complexity index is 1040. The van der Waals surface area contributed by atoms with E-state index in [4.69, 9.17) is 4.74 Å². The smallest absolute Gasteiger partial charge is 0.453 e. The molecule has 29 heavy (non-hydrogen) atoms. The highest BCUT2D eigenvalue weighted by Gasteiger charge is 2.38. The van der Waals surface area contributed by atoms with Gasteiger partial charge in [0.2, 0.25) is 0 Å². The molecule has 1 aliphatic rings. The fourth-order valence-corrected chi connectivity index (χ4v) is 3.64. The Balaban J connectivity index is 1.64. The third-order valence-corrected chi connectivity index (χ3v) is 5.33. The minimum atomic E-state index is -4.62. The number of aromatic nitrogens is 4. The molecule has 3 aromatic rings. The number of alkyl halides is 3. The van der Waals surface area contributed by atoms with Crippen molar-refractivity contribution < 1.29 is 17.9 Å². The zero-order valence-electron chi connectivity index (χ0n) is 16.4. The molecule has 0 atom stereocenters. The first-order chi connectivity index (χ1) is 13.8. The van der Waals surface area contributed by atoms with E-state index in [2.05, 4.69) is 20.2 Å². The molecule has 2 aromatic heterocycles. The SMILES string of the molecule is COc1ccccc1N1CCN(c2nn3c(C(F)(F)F)nnc3c(C)c2C)CC1. The van der Waals surface area contributed by atoms with Crippen LogP contribution in [0.15, 0.2) is 24.3 Å². The van der Waals surface area contributed by atoms with E-state index in [0.29, 0.717) is 37.6 Å². The van der Waals surface area contributed by atoms with Crippen molar-refractivity contribution >= 4 is 17.2 Å². The van der Waals surface area contributed by atoms with Gasteiger partial charge in [0.1, 0.15) is 5.75 Å². The van der Waals surface area contributed by atoms with E-state index in [9.17, 15) is 13.2 Å². The molecular weight excluding hydrogens is 385 g/mol. The number of fused-ring (bicyclic) bond motifs is 1. The number of aryl methyl sites for hydroxylation is 1. The lowest BCUT2D eigenvalue weighted by Crippen LogP contribution is -2.47. The summed E-state index contributed by atoms with van der Waals surface area (Å²) in [4.78, 5) is 4.21. The number of nitrogens with zero attached hydrogens (tertiary/aromatic N) is 6. The lowest BCUT2D eigenvalue weighted by Gasteiger charge is -2.37. The van der Waals surface area contributed by atoms with Crippen molar-refractivity contribution in [1.82, 2.24) is 19.8 Å². The average molecular weight is 406 g/mol. The van der Waals surface area contributed by atoms with Gasteiger partial charge >= 0.3 is 6.18 Å². The molecule has 0 aliphatic carbocycles. The van der Waals surface area contributed by atoms with Gasteiger partial charge in [-0.3, -0.25) is 0 Å². The van der Waals surface area contributed by atoms with E-state index >= 15 is 0 Å². The highest BCUT2D eigenvalue weighted by Crippen LogP contribution is 2.32. The first kappa shape index (κ1) is 19.3. The van der Waals surface area contributed by atoms with Gasteiger partial charge in [0.15, 0.2) is 11.5 Å². The molecule has 3 heterocycles. The summed E-state index contributed by atoms with van der Waals surface area (Å²) in [5.41, 5.74) is 2.59. The first-order valence-corrected chi connectivity index (χ1v) is 9.24. The Morgan fingerprint density at radius 2 is 1.59 bits per heavy atom. The van der Waals surface area contributed by atoms with Gasteiger partial charge < -0.3 is 14.5 Å². The number of hydrogen-bond acceptors (Lipinski definition) is 6. The molecule has 0 unspecified atom stereocenters. The van der Waals surface area contributed by atoms with Crippen molar-refractivity contribution in [1.29, 1.82) is 0 Å². The average Bonchev–Trinajstić information content (AvgIpc) is 3.15. The quantitative estimate of drug-likeness (QED) is 0.666. The van der Waals surface area contributed by atoms with Crippen molar-refractivity contribution in [2.24, 2.45) is 0 Å². The van der Waals surface area contributed by atoms with E-state index < -0.39 is 12.0 Å². The second kappa shape index (κ2) is 7.09. The number of benzene rings is 1. The second-order valence-corrected chi connectivity index (χ2v) is 6.98. The van der Waals surface area contributed by atoms with Gasteiger partial charge in [-0.1, -0.05) is 12.1 Å². The van der Waals surface area contributed by atoms with Gasteiger partial charge in [0, 0.05) is 37.3 Å². The summed E-state index contributed by atoms with van der Waals surface area (Å²) in [6.45, 7) is 6.25. The van der Waals surface area contributed by atoms with Gasteiger partial charge in [0.05, 0.1) is 12.8 Å². The van der Waals surface area contributed by atoms with Crippen LogP contribution >= 0.6 is 0 Å². The molecule has 1 fully saturated rings. The summed E-state index contributed by atoms with van der Waals surface area (Å²) in [6.07, 6.45) is -4.62. The number of para-hydroxylation sites is 2. The van der Waals surface area contributed by atoms with Gasteiger partial charge in [-0.2, -0.15) is 17.7 Å². The van der Waals surface area contributed by atoms with E-state index in [-0.39, 0.29) is 5.65 Å². The van der Waals surface area contributed by atoms with Gasteiger partial charge in [-0.05, 0) is 26.0 Å². The van der Waals surface area contributed by atoms with Crippen molar-refractivity contribution in [3.05, 3.63) is 41.2 Å². The largest absolute Gasteiger partial charge is 0.495 e. The van der Waals surface area contributed by atoms with Gasteiger partial charge in [0.25, 0.3) is 5.82 Å². The van der Waals surface area contributed by atoms with Crippen LogP contribution in [0, 0.1) is 13.8 Å². The van der Waals surface area contributed by atoms with Gasteiger partial charge in [-0.15, -0.1) is 15.3 Å². The van der Waals surface area contributed by atoms with Crippen LogP contribution in [0.3, 0.4) is 0 Å². The fourth-order valence-electron chi connectivity index (χ4n) is 3.64. The summed E-state index contributed by atoms with van der Waals surface area (Å²) in [5.74, 6) is 0.219. The lowest BCUT2D eigenvalue weighted by molar-refractivity contribution is -0.146. The molecule has 4 rings (SSSR count). The second-order valence-electron chi connectivity index (χ2n) is 6.98. The Morgan fingerprint density at radius 1 is 0.931 bits per heavy atom. The summed E-state index contributed by atoms with van der Waals surface area (Å²) in [7, 11) is 1.64. The molecule has 154 valence electrons. The van der Waals surface area contributed by atoms with Crippen LogP contribution < -0.4 is 14.5 Å². The van der Waals surface area contributed by atoms with E-state index in [1.807, 2.05) is 36.1 Å². The third kappa shape index (κ3) is 3.32. The lowest BCUT2D eigenvalue weighted by atomic mass is 10.1. The summed E-state index contributed by atoms with van der Waals surface area (Å²) in [5, 5.41) is 11.3. The van der Waals surface area contributed by atoms with E-state index in [0.717, 1.165) is 21.5 Å². The Kier molecular flexibility index (Phi) is 4.71. The first-order valence-electron chi connectivity index (χ1n) is 9.24. The molecule has 7 nitrogen and oxygen atoms in total. The topological polar surface area (TPSA) is 58.8 Å². The molecule has 1 aliphatic heterocycles. The van der Waals surface area contributed by atoms with E-state index in [1.165, 1.54) is 0 Å². The normalized spacial score (nSPS) is 15.2. The molecule has 10 heteroatoms. The molecular formula is C19H21F3N6O. The number of rotatable bonds is 3. The fraction of sp³-hybridized carbons (Fsp3) is 0.421. The highest BCUT2D eigenvalue weighted by molar-refractivity contribution is 5.62. The number of ether oxygens (including phenoxy) is 1. The van der Waals surface area contributed by atoms with Crippen LogP contribution in [-0.2, 0) is 6.18 Å². The van der Waals surface area contributed by atoms with Crippen molar-refractivity contribution in [3.63, 3.8) is 0 Å². The summed E-state index contributed by atoms with van der Waals surface area (Å²) < 4.78 is 46.1.